The number of furan rings is 1. The summed E-state index contributed by atoms with van der Waals surface area (Å²) in [5.74, 6) is -2.32. The van der Waals surface area contributed by atoms with Gasteiger partial charge in [0.25, 0.3) is 0 Å². The number of alkyl halides is 1. The number of fused-ring (bicyclic) bond motifs is 6. The van der Waals surface area contributed by atoms with Crippen LogP contribution in [0, 0.1) is 39.8 Å². The molecule has 8 nitrogen and oxygen atoms in total. The van der Waals surface area contributed by atoms with Crippen LogP contribution in [0.25, 0.3) is 11.8 Å². The minimum Gasteiger partial charge on any atom is -0.457 e. The van der Waals surface area contributed by atoms with Crippen molar-refractivity contribution in [3.63, 3.8) is 0 Å². The number of thioether (sulfide) groups is 1. The van der Waals surface area contributed by atoms with E-state index in [2.05, 4.69) is 5.10 Å². The summed E-state index contributed by atoms with van der Waals surface area (Å²) in [6, 6.07) is 11.0. The van der Waals surface area contributed by atoms with E-state index in [1.54, 1.807) is 29.1 Å². The lowest BCUT2D eigenvalue weighted by Crippen LogP contribution is -2.70. The molecular weight excluding hydrogens is 600 g/mol. The fourth-order valence-corrected chi connectivity index (χ4v) is 10.00. The number of nitriles is 1. The number of aromatic nitrogens is 2. The molecule has 3 saturated carbocycles. The minimum absolute atomic E-state index is 0.0603. The Morgan fingerprint density at radius 2 is 2.00 bits per heavy atom. The Balaban J connectivity index is 1.26. The van der Waals surface area contributed by atoms with Crippen molar-refractivity contribution in [2.24, 2.45) is 22.7 Å². The smallest absolute Gasteiger partial charge is 0.375 e. The number of halogens is 2. The highest BCUT2D eigenvalue weighted by atomic mass is 32.2. The van der Waals surface area contributed by atoms with Gasteiger partial charge in [-0.1, -0.05) is 31.2 Å². The van der Waals surface area contributed by atoms with Crippen molar-refractivity contribution in [1.82, 2.24) is 9.78 Å². The van der Waals surface area contributed by atoms with E-state index in [-0.39, 0.29) is 36.1 Å². The van der Waals surface area contributed by atoms with Gasteiger partial charge in [0.05, 0.1) is 41.8 Å². The monoisotopic (exact) mass is 633 g/mol. The highest BCUT2D eigenvalue weighted by molar-refractivity contribution is 8.14. The fraction of sp³-hybridized carbons (Fsp3) is 0.471. The molecule has 4 aliphatic rings. The average molecular weight is 634 g/mol. The summed E-state index contributed by atoms with van der Waals surface area (Å²) in [7, 11) is 0. The minimum atomic E-state index is -2.03. The van der Waals surface area contributed by atoms with Crippen LogP contribution in [0.5, 0.6) is 0 Å². The van der Waals surface area contributed by atoms with Gasteiger partial charge >= 0.3 is 5.97 Å². The van der Waals surface area contributed by atoms with Crippen LogP contribution in [-0.2, 0) is 16.0 Å². The first-order chi connectivity index (χ1) is 21.5. The Morgan fingerprint density at radius 3 is 2.71 bits per heavy atom. The summed E-state index contributed by atoms with van der Waals surface area (Å²) in [6.07, 6.45) is 5.38. The largest absolute Gasteiger partial charge is 0.457 e. The van der Waals surface area contributed by atoms with Crippen LogP contribution in [0.2, 0.25) is 0 Å². The molecule has 0 spiro atoms. The van der Waals surface area contributed by atoms with E-state index in [0.29, 0.717) is 31.4 Å². The van der Waals surface area contributed by atoms with Crippen molar-refractivity contribution in [1.29, 1.82) is 5.26 Å². The second kappa shape index (κ2) is 10.4. The summed E-state index contributed by atoms with van der Waals surface area (Å²) >= 11 is 0.784. The summed E-state index contributed by atoms with van der Waals surface area (Å²) in [5.41, 5.74) is -2.60. The molecule has 0 radical (unpaired) electrons. The van der Waals surface area contributed by atoms with Crippen molar-refractivity contribution in [2.45, 2.75) is 69.7 Å². The number of hydrogen-bond donors (Lipinski definition) is 1. The summed E-state index contributed by atoms with van der Waals surface area (Å²) in [4.78, 5) is 27.1. The van der Waals surface area contributed by atoms with E-state index < -0.39 is 45.2 Å². The number of hydrogen-bond acceptors (Lipinski definition) is 8. The molecule has 0 amide bonds. The van der Waals surface area contributed by atoms with E-state index >= 15 is 4.39 Å². The van der Waals surface area contributed by atoms with Gasteiger partial charge in [0.15, 0.2) is 5.60 Å². The highest BCUT2D eigenvalue weighted by Crippen LogP contribution is 2.71. The maximum Gasteiger partial charge on any atom is 0.375 e. The van der Waals surface area contributed by atoms with Crippen molar-refractivity contribution in [2.75, 3.05) is 5.75 Å². The molecule has 7 rings (SSSR count). The van der Waals surface area contributed by atoms with E-state index in [0.717, 1.165) is 28.6 Å². The molecule has 11 heteroatoms. The maximum absolute atomic E-state index is 18.1. The molecule has 7 atom stereocenters. The molecular formula is C34H33F2N3O5S. The molecule has 0 bridgehead atoms. The average Bonchev–Trinajstić information content (AvgIpc) is 3.75. The summed E-state index contributed by atoms with van der Waals surface area (Å²) < 4.78 is 44.8. The molecule has 1 aromatic carbocycles. The number of aliphatic hydroxyl groups is 1. The molecule has 0 aliphatic heterocycles. The van der Waals surface area contributed by atoms with Gasteiger partial charge in [0.2, 0.25) is 10.9 Å². The Morgan fingerprint density at radius 1 is 1.22 bits per heavy atom. The zero-order chi connectivity index (χ0) is 31.8. The number of rotatable bonds is 5. The Kier molecular flexibility index (Phi) is 6.91. The van der Waals surface area contributed by atoms with Crippen LogP contribution in [0.15, 0.2) is 58.8 Å². The first kappa shape index (κ1) is 29.9. The number of ether oxygens (including phenoxy) is 1. The third kappa shape index (κ3) is 4.07. The molecule has 3 fully saturated rings. The van der Waals surface area contributed by atoms with Gasteiger partial charge in [-0.3, -0.25) is 4.79 Å². The molecule has 45 heavy (non-hydrogen) atoms. The molecule has 4 aliphatic carbocycles. The quantitative estimate of drug-likeness (QED) is 0.329. The number of nitrogens with zero attached hydrogens (tertiary/aromatic N) is 3. The number of allylic oxidation sites excluding steroid dienone is 1. The number of carbonyl (C=O) groups excluding carboxylic acids is 2. The molecule has 1 N–H and O–H groups in total. The first-order valence-corrected chi connectivity index (χ1v) is 16.2. The lowest BCUT2D eigenvalue weighted by molar-refractivity contribution is -0.222. The van der Waals surface area contributed by atoms with Gasteiger partial charge in [-0.05, 0) is 92.5 Å². The Labute approximate surface area is 263 Å². The zero-order valence-electron chi connectivity index (χ0n) is 25.0. The van der Waals surface area contributed by atoms with E-state index in [9.17, 15) is 24.3 Å². The van der Waals surface area contributed by atoms with Gasteiger partial charge in [-0.15, -0.1) is 0 Å². The molecule has 234 valence electrons. The van der Waals surface area contributed by atoms with Gasteiger partial charge in [0, 0.05) is 16.7 Å². The molecule has 2 aromatic heterocycles. The summed E-state index contributed by atoms with van der Waals surface area (Å²) in [5, 5.41) is 25.3. The Hall–Kier alpha value is -3.75. The maximum atomic E-state index is 18.1. The van der Waals surface area contributed by atoms with E-state index in [4.69, 9.17) is 9.15 Å². The predicted octanol–water partition coefficient (Wildman–Crippen LogP) is 6.23. The molecule has 0 saturated heterocycles. The second-order valence-electron chi connectivity index (χ2n) is 13.2. The normalized spacial score (nSPS) is 34.8. The van der Waals surface area contributed by atoms with Crippen molar-refractivity contribution >= 4 is 28.9 Å². The Bertz CT molecular complexity index is 1750. The lowest BCUT2D eigenvalue weighted by Gasteiger charge is -2.63. The number of benzene rings is 1. The second-order valence-corrected chi connectivity index (χ2v) is 14.2. The van der Waals surface area contributed by atoms with Crippen LogP contribution in [-0.4, -0.2) is 49.1 Å². The van der Waals surface area contributed by atoms with Gasteiger partial charge in [0.1, 0.15) is 11.5 Å². The van der Waals surface area contributed by atoms with Crippen LogP contribution in [0.3, 0.4) is 0 Å². The highest BCUT2D eigenvalue weighted by Gasteiger charge is 2.76. The van der Waals surface area contributed by atoms with Gasteiger partial charge in [-0.2, -0.15) is 10.4 Å². The summed E-state index contributed by atoms with van der Waals surface area (Å²) in [6.45, 7) is 3.70. The van der Waals surface area contributed by atoms with Gasteiger partial charge in [-0.25, -0.2) is 18.3 Å². The fourth-order valence-electron chi connectivity index (χ4n) is 9.19. The molecule has 0 unspecified atom stereocenters. The number of carbonyl (C=O) groups is 2. The van der Waals surface area contributed by atoms with Crippen molar-refractivity contribution in [3.8, 4) is 11.8 Å². The molecule has 2 heterocycles. The van der Waals surface area contributed by atoms with Crippen LogP contribution in [0.1, 0.15) is 67.8 Å². The third-order valence-corrected chi connectivity index (χ3v) is 12.2. The van der Waals surface area contributed by atoms with Crippen molar-refractivity contribution in [3.05, 3.63) is 77.3 Å². The van der Waals surface area contributed by atoms with Crippen LogP contribution in [0.4, 0.5) is 8.78 Å². The SMILES string of the molecule is C[C@]12Cc3cnn(-c4ccc(F)cc4)c3C=C1CC[C@H]1[C@@H]3CC[C@](OC(=O)c4ccco4)(C(=O)SCC#N)[C@@]3(C)C[C@H](O)[C@@]12F. The zero-order valence-corrected chi connectivity index (χ0v) is 25.8. The first-order valence-electron chi connectivity index (χ1n) is 15.2. The van der Waals surface area contributed by atoms with E-state index in [1.165, 1.54) is 24.5 Å². The number of aliphatic hydroxyl groups excluding tert-OH is 1. The van der Waals surface area contributed by atoms with E-state index in [1.807, 2.05) is 26.0 Å². The predicted molar refractivity (Wildman–Crippen MR) is 161 cm³/mol. The topological polar surface area (TPSA) is 118 Å². The van der Waals surface area contributed by atoms with Gasteiger partial charge < -0.3 is 14.3 Å². The third-order valence-electron chi connectivity index (χ3n) is 11.4. The molecule has 3 aromatic rings. The lowest BCUT2D eigenvalue weighted by atomic mass is 9.44. The van der Waals surface area contributed by atoms with Crippen LogP contribution >= 0.6 is 11.8 Å². The van der Waals surface area contributed by atoms with Crippen LogP contribution < -0.4 is 0 Å². The van der Waals surface area contributed by atoms with Crippen molar-refractivity contribution < 1.29 is 32.6 Å². The standard InChI is InChI=1S/C34H33F2N3O5S/c1-31-17-20-19-38-39(23-8-6-22(35)7-9-23)26(20)16-21(31)5-10-25-24-11-12-33(30(42)45-15-13-37,44-29(41)27-4-3-14-43-27)32(24,2)18-28(40)34(25,31)36/h3-4,6-9,14,16,19,24-25,28,40H,5,10-12,15,17-18H2,1-2H3/t24-,25-,28-,31-,32-,33-,34-/m0/s1. The number of esters is 1.